The van der Waals surface area contributed by atoms with E-state index in [1.165, 1.54) is 50.0 Å². The zero-order valence-corrected chi connectivity index (χ0v) is 11.4. The molecule has 0 spiro atoms. The van der Waals surface area contributed by atoms with Crippen LogP contribution in [0, 0.1) is 0 Å². The normalized spacial score (nSPS) is 27.8. The van der Waals surface area contributed by atoms with Crippen LogP contribution in [0.5, 0.6) is 0 Å². The number of fused-ring (bicyclic) bond motifs is 1. The summed E-state index contributed by atoms with van der Waals surface area (Å²) in [5.74, 6) is 0.731. The van der Waals surface area contributed by atoms with Gasteiger partial charge in [0.05, 0.1) is 0 Å². The summed E-state index contributed by atoms with van der Waals surface area (Å²) in [5, 5.41) is 3.52. The smallest absolute Gasteiger partial charge is 0.0376 e. The Bertz CT molecular complexity index is 402. The maximum absolute atomic E-state index is 3.52. The molecule has 2 unspecified atom stereocenters. The largest absolute Gasteiger partial charge is 0.385 e. The van der Waals surface area contributed by atoms with Crippen molar-refractivity contribution in [2.45, 2.75) is 44.6 Å². The molecule has 0 aliphatic carbocycles. The van der Waals surface area contributed by atoms with Gasteiger partial charge in [-0.25, -0.2) is 0 Å². The lowest BCUT2D eigenvalue weighted by atomic mass is 9.90. The van der Waals surface area contributed by atoms with Crippen LogP contribution >= 0.6 is 0 Å². The van der Waals surface area contributed by atoms with E-state index < -0.39 is 0 Å². The van der Waals surface area contributed by atoms with Gasteiger partial charge >= 0.3 is 0 Å². The minimum atomic E-state index is 0.731. The number of hydrogen-bond acceptors (Lipinski definition) is 2. The van der Waals surface area contributed by atoms with E-state index >= 15 is 0 Å². The van der Waals surface area contributed by atoms with Crippen molar-refractivity contribution >= 4 is 5.69 Å². The Morgan fingerprint density at radius 2 is 2.17 bits per heavy atom. The van der Waals surface area contributed by atoms with Crippen LogP contribution in [0.4, 0.5) is 5.69 Å². The molecule has 1 aromatic carbocycles. The Morgan fingerprint density at radius 3 is 3.06 bits per heavy atom. The third kappa shape index (κ3) is 2.26. The van der Waals surface area contributed by atoms with Gasteiger partial charge in [0.2, 0.25) is 0 Å². The third-order valence-corrected chi connectivity index (χ3v) is 4.63. The third-order valence-electron chi connectivity index (χ3n) is 4.63. The van der Waals surface area contributed by atoms with Gasteiger partial charge in [0.15, 0.2) is 0 Å². The molecule has 1 N–H and O–H groups in total. The van der Waals surface area contributed by atoms with Gasteiger partial charge in [0.1, 0.15) is 0 Å². The number of para-hydroxylation sites is 1. The van der Waals surface area contributed by atoms with Crippen molar-refractivity contribution in [1.82, 2.24) is 4.90 Å². The highest BCUT2D eigenvalue weighted by atomic mass is 15.2. The van der Waals surface area contributed by atoms with Crippen molar-refractivity contribution in [3.63, 3.8) is 0 Å². The van der Waals surface area contributed by atoms with E-state index in [1.54, 1.807) is 0 Å². The van der Waals surface area contributed by atoms with E-state index in [2.05, 4.69) is 41.4 Å². The number of nitrogens with zero attached hydrogens (tertiary/aromatic N) is 1. The molecule has 0 amide bonds. The molecule has 2 heterocycles. The lowest BCUT2D eigenvalue weighted by Crippen LogP contribution is -2.34. The van der Waals surface area contributed by atoms with Crippen LogP contribution in [0.25, 0.3) is 0 Å². The maximum Gasteiger partial charge on any atom is 0.0376 e. The van der Waals surface area contributed by atoms with E-state index in [9.17, 15) is 0 Å². The van der Waals surface area contributed by atoms with Gasteiger partial charge in [-0.2, -0.15) is 0 Å². The summed E-state index contributed by atoms with van der Waals surface area (Å²) in [5.41, 5.74) is 2.89. The lowest BCUT2D eigenvalue weighted by molar-refractivity contribution is 0.229. The van der Waals surface area contributed by atoms with E-state index in [-0.39, 0.29) is 0 Å². The highest BCUT2D eigenvalue weighted by Gasteiger charge is 2.28. The molecule has 98 valence electrons. The summed E-state index contributed by atoms with van der Waals surface area (Å²) in [6.07, 6.45) is 5.39. The van der Waals surface area contributed by atoms with Crippen LogP contribution in [-0.4, -0.2) is 30.6 Å². The topological polar surface area (TPSA) is 15.3 Å². The first-order chi connectivity index (χ1) is 8.88. The van der Waals surface area contributed by atoms with Crippen LogP contribution in [0.15, 0.2) is 24.3 Å². The van der Waals surface area contributed by atoms with Crippen LogP contribution in [-0.2, 0) is 0 Å². The highest BCUT2D eigenvalue weighted by Crippen LogP contribution is 2.33. The van der Waals surface area contributed by atoms with E-state index in [1.807, 2.05) is 0 Å². The van der Waals surface area contributed by atoms with Gasteiger partial charge in [0, 0.05) is 30.7 Å². The average molecular weight is 244 g/mol. The molecular formula is C16H24N2. The number of hydrogen-bond donors (Lipinski definition) is 1. The lowest BCUT2D eigenvalue weighted by Gasteiger charge is -2.32. The molecule has 2 heteroatoms. The Hall–Kier alpha value is -1.02. The molecule has 0 bridgehead atoms. The predicted molar refractivity (Wildman–Crippen MR) is 77.2 cm³/mol. The second kappa shape index (κ2) is 5.31. The standard InChI is InChI=1S/C16H24N2/c1-2-14-6-5-11-18(14)12-13-9-10-17-16-8-4-3-7-15(13)16/h3-4,7-8,13-14,17H,2,5-6,9-12H2,1H3. The van der Waals surface area contributed by atoms with E-state index in [0.717, 1.165) is 18.5 Å². The summed E-state index contributed by atoms with van der Waals surface area (Å²) in [4.78, 5) is 2.73. The SMILES string of the molecule is CCC1CCCN1CC1CCNc2ccccc21. The van der Waals surface area contributed by atoms with Crippen LogP contribution in [0.3, 0.4) is 0 Å². The van der Waals surface area contributed by atoms with Crippen LogP contribution in [0.1, 0.15) is 44.1 Å². The summed E-state index contributed by atoms with van der Waals surface area (Å²) in [6.45, 7) is 6.04. The molecule has 0 radical (unpaired) electrons. The minimum absolute atomic E-state index is 0.731. The molecule has 1 fully saturated rings. The second-order valence-electron chi connectivity index (χ2n) is 5.70. The summed E-state index contributed by atoms with van der Waals surface area (Å²) >= 11 is 0. The number of likely N-dealkylation sites (tertiary alicyclic amines) is 1. The average Bonchev–Trinajstić information content (AvgIpc) is 2.86. The Morgan fingerprint density at radius 1 is 1.28 bits per heavy atom. The fourth-order valence-corrected chi connectivity index (χ4v) is 3.62. The molecule has 0 aromatic heterocycles. The quantitative estimate of drug-likeness (QED) is 0.876. The first kappa shape index (κ1) is 12.0. The Balaban J connectivity index is 1.74. The van der Waals surface area contributed by atoms with Gasteiger partial charge in [-0.1, -0.05) is 25.1 Å². The molecule has 3 rings (SSSR count). The molecule has 1 aromatic rings. The summed E-state index contributed by atoms with van der Waals surface area (Å²) in [7, 11) is 0. The van der Waals surface area contributed by atoms with Crippen LogP contribution in [0.2, 0.25) is 0 Å². The minimum Gasteiger partial charge on any atom is -0.385 e. The highest BCUT2D eigenvalue weighted by molar-refractivity contribution is 5.54. The monoisotopic (exact) mass is 244 g/mol. The number of nitrogens with one attached hydrogen (secondary N) is 1. The van der Waals surface area contributed by atoms with Crippen LogP contribution < -0.4 is 5.32 Å². The fraction of sp³-hybridized carbons (Fsp3) is 0.625. The summed E-state index contributed by atoms with van der Waals surface area (Å²) in [6, 6.07) is 9.69. The van der Waals surface area contributed by atoms with Crippen molar-refractivity contribution < 1.29 is 0 Å². The molecular weight excluding hydrogens is 220 g/mol. The number of anilines is 1. The number of benzene rings is 1. The zero-order valence-electron chi connectivity index (χ0n) is 11.4. The molecule has 18 heavy (non-hydrogen) atoms. The van der Waals surface area contributed by atoms with Gasteiger partial charge < -0.3 is 5.32 Å². The first-order valence-corrected chi connectivity index (χ1v) is 7.45. The molecule has 1 saturated heterocycles. The predicted octanol–water partition coefficient (Wildman–Crippen LogP) is 3.46. The first-order valence-electron chi connectivity index (χ1n) is 7.45. The van der Waals surface area contributed by atoms with Crippen molar-refractivity contribution in [3.8, 4) is 0 Å². The van der Waals surface area contributed by atoms with Gasteiger partial charge in [0.25, 0.3) is 0 Å². The molecule has 2 nitrogen and oxygen atoms in total. The molecule has 2 atom stereocenters. The van der Waals surface area contributed by atoms with E-state index in [4.69, 9.17) is 0 Å². The van der Waals surface area contributed by atoms with Crippen molar-refractivity contribution in [1.29, 1.82) is 0 Å². The zero-order chi connectivity index (χ0) is 12.4. The van der Waals surface area contributed by atoms with Crippen molar-refractivity contribution in [2.75, 3.05) is 25.0 Å². The van der Waals surface area contributed by atoms with Gasteiger partial charge in [-0.15, -0.1) is 0 Å². The molecule has 2 aliphatic rings. The fourth-order valence-electron chi connectivity index (χ4n) is 3.62. The van der Waals surface area contributed by atoms with Crippen molar-refractivity contribution in [2.24, 2.45) is 0 Å². The van der Waals surface area contributed by atoms with Crippen molar-refractivity contribution in [3.05, 3.63) is 29.8 Å². The Kier molecular flexibility index (Phi) is 3.55. The van der Waals surface area contributed by atoms with Gasteiger partial charge in [-0.05, 0) is 43.9 Å². The maximum atomic E-state index is 3.52. The second-order valence-corrected chi connectivity index (χ2v) is 5.70. The summed E-state index contributed by atoms with van der Waals surface area (Å²) < 4.78 is 0. The molecule has 2 aliphatic heterocycles. The number of rotatable bonds is 3. The van der Waals surface area contributed by atoms with E-state index in [0.29, 0.717) is 0 Å². The molecule has 0 saturated carbocycles. The Labute approximate surface area is 110 Å². The van der Waals surface area contributed by atoms with Gasteiger partial charge in [-0.3, -0.25) is 4.90 Å².